The van der Waals surface area contributed by atoms with Crippen LogP contribution in [-0.4, -0.2) is 41.3 Å². The Morgan fingerprint density at radius 2 is 2.38 bits per heavy atom. The number of aliphatic carboxylic acids is 1. The summed E-state index contributed by atoms with van der Waals surface area (Å²) in [5.74, 6) is -1.23. The Bertz CT molecular complexity index is 240. The molecular formula is C8H13NO4. The molecule has 5 heteroatoms. The minimum absolute atomic E-state index is 0.0179. The quantitative estimate of drug-likeness (QED) is 0.632. The zero-order chi connectivity index (χ0) is 10.1. The Kier molecular flexibility index (Phi) is 2.56. The summed E-state index contributed by atoms with van der Waals surface area (Å²) in [5, 5.41) is 8.49. The maximum atomic E-state index is 11.3. The van der Waals surface area contributed by atoms with E-state index in [1.165, 1.54) is 0 Å². The Balaban J connectivity index is 2.62. The summed E-state index contributed by atoms with van der Waals surface area (Å²) in [6, 6.07) is 0. The number of carbonyl (C=O) groups excluding carboxylic acids is 1. The number of ether oxygens (including phenoxy) is 1. The average molecular weight is 187 g/mol. The van der Waals surface area contributed by atoms with E-state index in [0.717, 1.165) is 0 Å². The van der Waals surface area contributed by atoms with E-state index in [1.807, 2.05) is 0 Å². The van der Waals surface area contributed by atoms with E-state index >= 15 is 0 Å². The summed E-state index contributed by atoms with van der Waals surface area (Å²) >= 11 is 0. The Labute approximate surface area is 76.3 Å². The largest absolute Gasteiger partial charge is 0.481 e. The smallest absolute Gasteiger partial charge is 0.327 e. The second-order valence-electron chi connectivity index (χ2n) is 3.43. The van der Waals surface area contributed by atoms with Gasteiger partial charge in [0.05, 0.1) is 0 Å². The number of carboxylic acids is 1. The van der Waals surface area contributed by atoms with Crippen LogP contribution < -0.4 is 0 Å². The van der Waals surface area contributed by atoms with Gasteiger partial charge >= 0.3 is 11.9 Å². The van der Waals surface area contributed by atoms with E-state index in [0.29, 0.717) is 0 Å². The molecule has 0 aliphatic carbocycles. The Morgan fingerprint density at radius 1 is 1.77 bits per heavy atom. The van der Waals surface area contributed by atoms with Gasteiger partial charge in [0, 0.05) is 6.42 Å². The molecule has 0 spiro atoms. The first kappa shape index (κ1) is 9.98. The number of carbonyl (C=O) groups is 2. The number of carboxylic acid groups (broad SMARTS) is 1. The summed E-state index contributed by atoms with van der Waals surface area (Å²) in [7, 11) is 1.74. The fraction of sp³-hybridized carbons (Fsp3) is 0.750. The molecule has 0 amide bonds. The third-order valence-corrected chi connectivity index (χ3v) is 2.50. The number of hydrogen-bond acceptors (Lipinski definition) is 4. The molecule has 1 saturated heterocycles. The topological polar surface area (TPSA) is 66.8 Å². The molecule has 0 saturated carbocycles. The van der Waals surface area contributed by atoms with Gasteiger partial charge in [-0.15, -0.1) is 0 Å². The highest BCUT2D eigenvalue weighted by Crippen LogP contribution is 2.26. The lowest BCUT2D eigenvalue weighted by Crippen LogP contribution is -2.43. The summed E-state index contributed by atoms with van der Waals surface area (Å²) in [4.78, 5) is 23.3. The van der Waals surface area contributed by atoms with Gasteiger partial charge in [0.2, 0.25) is 0 Å². The normalized spacial score (nSPS) is 28.9. The fourth-order valence-corrected chi connectivity index (χ4v) is 1.25. The highest BCUT2D eigenvalue weighted by atomic mass is 16.6. The highest BCUT2D eigenvalue weighted by molar-refractivity contribution is 5.82. The molecule has 1 aliphatic rings. The molecule has 1 N–H and O–H groups in total. The maximum absolute atomic E-state index is 11.3. The molecule has 1 unspecified atom stereocenters. The summed E-state index contributed by atoms with van der Waals surface area (Å²) < 4.78 is 4.81. The Hall–Kier alpha value is -1.10. The first-order valence-corrected chi connectivity index (χ1v) is 4.07. The molecule has 1 rings (SSSR count). The van der Waals surface area contributed by atoms with Crippen molar-refractivity contribution in [3.8, 4) is 0 Å². The second kappa shape index (κ2) is 3.33. The summed E-state index contributed by atoms with van der Waals surface area (Å²) in [6.45, 7) is 1.94. The average Bonchev–Trinajstić information content (AvgIpc) is 2.31. The van der Waals surface area contributed by atoms with Crippen LogP contribution >= 0.6 is 0 Å². The first-order chi connectivity index (χ1) is 5.97. The molecule has 1 aliphatic heterocycles. The van der Waals surface area contributed by atoms with Crippen molar-refractivity contribution in [1.29, 1.82) is 0 Å². The standard InChI is InChI=1S/C8H13NO4/c1-8(4-3-6(10)11)7(12)13-5-9(8)2/h3-5H2,1-2H3,(H,10,11). The number of esters is 1. The van der Waals surface area contributed by atoms with Crippen LogP contribution in [0.15, 0.2) is 0 Å². The zero-order valence-electron chi connectivity index (χ0n) is 7.74. The van der Waals surface area contributed by atoms with Gasteiger partial charge in [-0.1, -0.05) is 0 Å². The number of likely N-dealkylation sites (N-methyl/N-ethyl adjacent to an activating group) is 1. The van der Waals surface area contributed by atoms with Crippen molar-refractivity contribution in [3.63, 3.8) is 0 Å². The van der Waals surface area contributed by atoms with Crippen molar-refractivity contribution in [2.45, 2.75) is 25.3 Å². The lowest BCUT2D eigenvalue weighted by atomic mass is 9.95. The molecule has 74 valence electrons. The van der Waals surface area contributed by atoms with Crippen molar-refractivity contribution in [2.75, 3.05) is 13.8 Å². The molecule has 0 bridgehead atoms. The van der Waals surface area contributed by atoms with Crippen LogP contribution in [0.1, 0.15) is 19.8 Å². The van der Waals surface area contributed by atoms with Gasteiger partial charge < -0.3 is 9.84 Å². The van der Waals surface area contributed by atoms with Crippen molar-refractivity contribution in [1.82, 2.24) is 4.90 Å². The minimum atomic E-state index is -0.894. The van der Waals surface area contributed by atoms with Crippen molar-refractivity contribution >= 4 is 11.9 Å². The van der Waals surface area contributed by atoms with Crippen molar-refractivity contribution in [2.24, 2.45) is 0 Å². The monoisotopic (exact) mass is 187 g/mol. The molecule has 1 fully saturated rings. The van der Waals surface area contributed by atoms with Crippen LogP contribution in [0.3, 0.4) is 0 Å². The number of cyclic esters (lactones) is 1. The van der Waals surface area contributed by atoms with E-state index in [1.54, 1.807) is 18.9 Å². The van der Waals surface area contributed by atoms with Gasteiger partial charge in [0.25, 0.3) is 0 Å². The maximum Gasteiger partial charge on any atom is 0.327 e. The van der Waals surface area contributed by atoms with Gasteiger partial charge in [-0.2, -0.15) is 0 Å². The van der Waals surface area contributed by atoms with Crippen molar-refractivity contribution < 1.29 is 19.4 Å². The minimum Gasteiger partial charge on any atom is -0.481 e. The van der Waals surface area contributed by atoms with Gasteiger partial charge in [-0.25, -0.2) is 0 Å². The third kappa shape index (κ3) is 1.80. The first-order valence-electron chi connectivity index (χ1n) is 4.07. The Morgan fingerprint density at radius 3 is 2.77 bits per heavy atom. The van der Waals surface area contributed by atoms with E-state index < -0.39 is 11.5 Å². The van der Waals surface area contributed by atoms with E-state index in [2.05, 4.69) is 0 Å². The van der Waals surface area contributed by atoms with Crippen LogP contribution in [0, 0.1) is 0 Å². The van der Waals surface area contributed by atoms with E-state index in [4.69, 9.17) is 9.84 Å². The van der Waals surface area contributed by atoms with Crippen molar-refractivity contribution in [3.05, 3.63) is 0 Å². The highest BCUT2D eigenvalue weighted by Gasteiger charge is 2.44. The van der Waals surface area contributed by atoms with E-state index in [9.17, 15) is 9.59 Å². The molecule has 0 aromatic heterocycles. The molecule has 0 radical (unpaired) electrons. The van der Waals surface area contributed by atoms with Gasteiger partial charge in [-0.3, -0.25) is 14.5 Å². The van der Waals surface area contributed by atoms with Gasteiger partial charge in [0.1, 0.15) is 12.3 Å². The van der Waals surface area contributed by atoms with Crippen LogP contribution in [0.4, 0.5) is 0 Å². The fourth-order valence-electron chi connectivity index (χ4n) is 1.25. The van der Waals surface area contributed by atoms with Crippen LogP contribution in [0.25, 0.3) is 0 Å². The molecule has 13 heavy (non-hydrogen) atoms. The molecular weight excluding hydrogens is 174 g/mol. The predicted octanol–water partition coefficient (Wildman–Crippen LogP) is 0.0560. The molecule has 1 atom stereocenters. The zero-order valence-corrected chi connectivity index (χ0v) is 7.74. The summed E-state index contributed by atoms with van der Waals surface area (Å²) in [6.07, 6.45) is 0.271. The predicted molar refractivity (Wildman–Crippen MR) is 44.0 cm³/mol. The number of rotatable bonds is 3. The SMILES string of the molecule is CN1COC(=O)C1(C)CCC(=O)O. The van der Waals surface area contributed by atoms with Crippen LogP contribution in [0.2, 0.25) is 0 Å². The van der Waals surface area contributed by atoms with Crippen LogP contribution in [-0.2, 0) is 14.3 Å². The lowest BCUT2D eigenvalue weighted by molar-refractivity contribution is -0.143. The molecule has 1 heterocycles. The van der Waals surface area contributed by atoms with E-state index in [-0.39, 0.29) is 25.5 Å². The van der Waals surface area contributed by atoms with Gasteiger partial charge in [-0.05, 0) is 20.4 Å². The van der Waals surface area contributed by atoms with Crippen LogP contribution in [0.5, 0.6) is 0 Å². The molecule has 0 aromatic carbocycles. The van der Waals surface area contributed by atoms with Gasteiger partial charge in [0.15, 0.2) is 0 Å². The number of hydrogen-bond donors (Lipinski definition) is 1. The summed E-state index contributed by atoms with van der Waals surface area (Å²) in [5.41, 5.74) is -0.765. The third-order valence-electron chi connectivity index (χ3n) is 2.50. The second-order valence-corrected chi connectivity index (χ2v) is 3.43. The lowest BCUT2D eigenvalue weighted by Gasteiger charge is -2.25. The molecule has 0 aromatic rings. The molecule has 5 nitrogen and oxygen atoms in total. The number of nitrogens with zero attached hydrogens (tertiary/aromatic N) is 1.